The van der Waals surface area contributed by atoms with Crippen LogP contribution < -0.4 is 5.32 Å². The second kappa shape index (κ2) is 3.10. The fraction of sp³-hybridized carbons (Fsp3) is 0.556. The lowest BCUT2D eigenvalue weighted by Gasteiger charge is -2.24. The average Bonchev–Trinajstić information content (AvgIpc) is 2.26. The molecule has 0 saturated heterocycles. The van der Waals surface area contributed by atoms with Gasteiger partial charge >= 0.3 is 0 Å². The lowest BCUT2D eigenvalue weighted by molar-refractivity contribution is -0.123. The highest BCUT2D eigenvalue weighted by molar-refractivity contribution is 6.78. The summed E-state index contributed by atoms with van der Waals surface area (Å²) < 4.78 is 0. The molecule has 0 aliphatic carbocycles. The van der Waals surface area contributed by atoms with Crippen LogP contribution in [0.25, 0.3) is 0 Å². The Labute approximate surface area is 79.2 Å². The Balaban J connectivity index is 2.90. The Bertz CT molecular complexity index is 288. The first-order valence-corrected chi connectivity index (χ1v) is 7.97. The molecule has 0 saturated carbocycles. The largest absolute Gasteiger partial charge is 0.289 e. The molecule has 1 heterocycles. The topological polar surface area (TPSA) is 46.2 Å². The first-order valence-electron chi connectivity index (χ1n) is 4.39. The molecule has 4 heteroatoms. The van der Waals surface area contributed by atoms with E-state index in [4.69, 9.17) is 0 Å². The highest BCUT2D eigenvalue weighted by atomic mass is 28.3. The fourth-order valence-corrected chi connectivity index (χ4v) is 2.36. The van der Waals surface area contributed by atoms with Crippen LogP contribution in [-0.2, 0) is 9.59 Å². The number of imide groups is 1. The van der Waals surface area contributed by atoms with E-state index in [2.05, 4.69) is 25.0 Å². The SMILES string of the molecule is CC(C1=CC(=O)NC1=O)[Si](C)(C)C. The molecular weight excluding hydrogens is 182 g/mol. The van der Waals surface area contributed by atoms with E-state index in [0.717, 1.165) is 0 Å². The van der Waals surface area contributed by atoms with Crippen LogP contribution in [0.1, 0.15) is 6.92 Å². The Morgan fingerprint density at radius 1 is 1.31 bits per heavy atom. The fourth-order valence-electron chi connectivity index (χ4n) is 1.22. The smallest absolute Gasteiger partial charge is 0.254 e. The van der Waals surface area contributed by atoms with Crippen LogP contribution in [0.4, 0.5) is 0 Å². The van der Waals surface area contributed by atoms with Crippen LogP contribution in [0.2, 0.25) is 25.2 Å². The summed E-state index contributed by atoms with van der Waals surface area (Å²) in [6, 6.07) is 0. The third-order valence-electron chi connectivity index (χ3n) is 2.55. The summed E-state index contributed by atoms with van der Waals surface area (Å²) in [7, 11) is -1.38. The Hall–Kier alpha value is -0.903. The van der Waals surface area contributed by atoms with Gasteiger partial charge in [0.25, 0.3) is 11.8 Å². The summed E-state index contributed by atoms with van der Waals surface area (Å²) in [6.45, 7) is 8.59. The van der Waals surface area contributed by atoms with Gasteiger partial charge in [0, 0.05) is 11.6 Å². The molecule has 1 aliphatic heterocycles. The summed E-state index contributed by atoms with van der Waals surface area (Å²) in [5, 5.41) is 2.27. The maximum atomic E-state index is 11.3. The quantitative estimate of drug-likeness (QED) is 0.535. The highest BCUT2D eigenvalue weighted by Gasteiger charge is 2.33. The summed E-state index contributed by atoms with van der Waals surface area (Å²) in [5.41, 5.74) is 0.892. The molecule has 1 atom stereocenters. The molecule has 0 bridgehead atoms. The van der Waals surface area contributed by atoms with Gasteiger partial charge in [-0.2, -0.15) is 0 Å². The van der Waals surface area contributed by atoms with Crippen molar-refractivity contribution in [3.8, 4) is 0 Å². The maximum absolute atomic E-state index is 11.3. The van der Waals surface area contributed by atoms with Crippen LogP contribution in [-0.4, -0.2) is 19.9 Å². The van der Waals surface area contributed by atoms with Gasteiger partial charge in [0.15, 0.2) is 0 Å². The lowest BCUT2D eigenvalue weighted by Crippen LogP contribution is -2.31. The molecule has 0 aromatic heterocycles. The van der Waals surface area contributed by atoms with Crippen LogP contribution in [0.15, 0.2) is 11.6 Å². The van der Waals surface area contributed by atoms with E-state index in [1.807, 2.05) is 6.92 Å². The van der Waals surface area contributed by atoms with Gasteiger partial charge in [-0.1, -0.05) is 26.6 Å². The molecule has 0 fully saturated rings. The zero-order valence-electron chi connectivity index (χ0n) is 8.47. The van der Waals surface area contributed by atoms with E-state index in [-0.39, 0.29) is 17.4 Å². The predicted octanol–water partition coefficient (Wildman–Crippen LogP) is 1.30. The minimum atomic E-state index is -1.38. The van der Waals surface area contributed by atoms with Gasteiger partial charge in [-0.15, -0.1) is 0 Å². The van der Waals surface area contributed by atoms with Crippen LogP contribution >= 0.6 is 0 Å². The third kappa shape index (κ3) is 2.06. The second-order valence-electron chi connectivity index (χ2n) is 4.51. The van der Waals surface area contributed by atoms with Gasteiger partial charge in [0.1, 0.15) is 0 Å². The summed E-state index contributed by atoms with van der Waals surface area (Å²) >= 11 is 0. The Morgan fingerprint density at radius 3 is 2.15 bits per heavy atom. The summed E-state index contributed by atoms with van der Waals surface area (Å²) in [6.07, 6.45) is 1.44. The number of rotatable bonds is 2. The molecule has 0 aromatic carbocycles. The summed E-state index contributed by atoms with van der Waals surface area (Å²) in [4.78, 5) is 22.2. The molecule has 1 rings (SSSR count). The Kier molecular flexibility index (Phi) is 2.43. The van der Waals surface area contributed by atoms with E-state index in [1.54, 1.807) is 0 Å². The lowest BCUT2D eigenvalue weighted by atomic mass is 10.2. The van der Waals surface area contributed by atoms with Crippen molar-refractivity contribution in [2.75, 3.05) is 0 Å². The molecule has 1 aliphatic rings. The number of hydrogen-bond donors (Lipinski definition) is 1. The molecular formula is C9H15NO2Si. The second-order valence-corrected chi connectivity index (χ2v) is 10.1. The molecule has 1 unspecified atom stereocenters. The minimum Gasteiger partial charge on any atom is -0.289 e. The van der Waals surface area contributed by atoms with Crippen molar-refractivity contribution in [1.82, 2.24) is 5.32 Å². The van der Waals surface area contributed by atoms with Gasteiger partial charge in [0.2, 0.25) is 0 Å². The van der Waals surface area contributed by atoms with Gasteiger partial charge in [-0.25, -0.2) is 0 Å². The van der Waals surface area contributed by atoms with Crippen LogP contribution in [0.5, 0.6) is 0 Å². The number of nitrogens with one attached hydrogen (secondary N) is 1. The van der Waals surface area contributed by atoms with E-state index in [1.165, 1.54) is 6.08 Å². The molecule has 2 amide bonds. The van der Waals surface area contributed by atoms with Crippen molar-refractivity contribution in [3.05, 3.63) is 11.6 Å². The maximum Gasteiger partial charge on any atom is 0.254 e. The van der Waals surface area contributed by atoms with Crippen molar-refractivity contribution in [1.29, 1.82) is 0 Å². The van der Waals surface area contributed by atoms with Gasteiger partial charge in [-0.3, -0.25) is 14.9 Å². The molecule has 72 valence electrons. The molecule has 13 heavy (non-hydrogen) atoms. The standard InChI is InChI=1S/C9H15NO2Si/c1-6(13(2,3)4)7-5-8(11)10-9(7)12/h5-6H,1-4H3,(H,10,11,12). The van der Waals surface area contributed by atoms with E-state index in [0.29, 0.717) is 5.57 Å². The number of carbonyl (C=O) groups excluding carboxylic acids is 2. The average molecular weight is 197 g/mol. The zero-order valence-corrected chi connectivity index (χ0v) is 9.47. The monoisotopic (exact) mass is 197 g/mol. The number of hydrogen-bond acceptors (Lipinski definition) is 2. The van der Waals surface area contributed by atoms with Crippen molar-refractivity contribution < 1.29 is 9.59 Å². The predicted molar refractivity (Wildman–Crippen MR) is 54.0 cm³/mol. The Morgan fingerprint density at radius 2 is 1.85 bits per heavy atom. The third-order valence-corrected chi connectivity index (χ3v) is 5.46. The van der Waals surface area contributed by atoms with Crippen molar-refractivity contribution in [2.24, 2.45) is 0 Å². The van der Waals surface area contributed by atoms with Gasteiger partial charge in [0.05, 0.1) is 8.07 Å². The molecule has 0 radical (unpaired) electrons. The van der Waals surface area contributed by atoms with Crippen molar-refractivity contribution in [2.45, 2.75) is 32.1 Å². The van der Waals surface area contributed by atoms with Gasteiger partial charge < -0.3 is 0 Å². The first kappa shape index (κ1) is 10.2. The molecule has 1 N–H and O–H groups in total. The molecule has 3 nitrogen and oxygen atoms in total. The van der Waals surface area contributed by atoms with E-state index in [9.17, 15) is 9.59 Å². The van der Waals surface area contributed by atoms with Crippen LogP contribution in [0.3, 0.4) is 0 Å². The highest BCUT2D eigenvalue weighted by Crippen LogP contribution is 2.30. The van der Waals surface area contributed by atoms with E-state index >= 15 is 0 Å². The molecule has 0 spiro atoms. The zero-order chi connectivity index (χ0) is 10.2. The van der Waals surface area contributed by atoms with Crippen LogP contribution in [0, 0.1) is 0 Å². The normalized spacial score (nSPS) is 19.8. The number of carbonyl (C=O) groups is 2. The summed E-state index contributed by atoms with van der Waals surface area (Å²) in [5.74, 6) is -0.481. The minimum absolute atomic E-state index is 0.208. The molecule has 0 aromatic rings. The first-order chi connectivity index (χ1) is 5.82. The van der Waals surface area contributed by atoms with Crippen molar-refractivity contribution in [3.63, 3.8) is 0 Å². The van der Waals surface area contributed by atoms with E-state index < -0.39 is 8.07 Å². The number of amides is 2. The van der Waals surface area contributed by atoms with Crippen molar-refractivity contribution >= 4 is 19.9 Å². The van der Waals surface area contributed by atoms with Gasteiger partial charge in [-0.05, 0) is 5.54 Å².